The fourth-order valence-electron chi connectivity index (χ4n) is 3.70. The van der Waals surface area contributed by atoms with E-state index in [1.807, 2.05) is 30.3 Å². The molecule has 1 atom stereocenters. The first kappa shape index (κ1) is 21.1. The van der Waals surface area contributed by atoms with E-state index in [1.54, 1.807) is 6.08 Å². The van der Waals surface area contributed by atoms with Crippen LogP contribution in [0.4, 0.5) is 0 Å². The summed E-state index contributed by atoms with van der Waals surface area (Å²) < 4.78 is 29.0. The molecular formula is C22H26N2O4S2. The number of sulfone groups is 1. The molecule has 2 aliphatic carbocycles. The van der Waals surface area contributed by atoms with E-state index in [1.165, 1.54) is 29.6 Å². The Hall–Kier alpha value is -2.19. The summed E-state index contributed by atoms with van der Waals surface area (Å²) in [5.41, 5.74) is 0. The molecule has 2 aliphatic rings. The summed E-state index contributed by atoms with van der Waals surface area (Å²) in [6.07, 6.45) is 9.22. The molecule has 0 spiro atoms. The van der Waals surface area contributed by atoms with E-state index in [2.05, 4.69) is 10.3 Å². The molecule has 0 saturated heterocycles. The molecule has 2 saturated carbocycles. The Kier molecular flexibility index (Phi) is 6.24. The number of amides is 1. The fourth-order valence-corrected chi connectivity index (χ4v) is 5.23. The average molecular weight is 447 g/mol. The maximum Gasteiger partial charge on any atom is 0.267 e. The van der Waals surface area contributed by atoms with Gasteiger partial charge in [-0.05, 0) is 43.7 Å². The van der Waals surface area contributed by atoms with Crippen LogP contribution in [0.25, 0.3) is 0 Å². The van der Waals surface area contributed by atoms with E-state index in [9.17, 15) is 13.2 Å². The molecule has 2 fully saturated rings. The van der Waals surface area contributed by atoms with Gasteiger partial charge in [0.25, 0.3) is 5.91 Å². The van der Waals surface area contributed by atoms with Crippen molar-refractivity contribution in [1.82, 2.24) is 10.3 Å². The van der Waals surface area contributed by atoms with Crippen LogP contribution in [0.15, 0.2) is 41.8 Å². The number of benzene rings is 1. The highest BCUT2D eigenvalue weighted by Gasteiger charge is 2.33. The molecule has 1 N–H and O–H groups in total. The lowest BCUT2D eigenvalue weighted by molar-refractivity contribution is 0.0942. The molecule has 6 nitrogen and oxygen atoms in total. The van der Waals surface area contributed by atoms with Crippen LogP contribution in [0.3, 0.4) is 0 Å². The molecule has 1 heterocycles. The van der Waals surface area contributed by atoms with Gasteiger partial charge in [-0.15, -0.1) is 11.3 Å². The number of para-hydroxylation sites is 1. The number of aromatic nitrogens is 1. The summed E-state index contributed by atoms with van der Waals surface area (Å²) in [5, 5.41) is 5.12. The number of hydrogen-bond donors (Lipinski definition) is 1. The van der Waals surface area contributed by atoms with E-state index in [4.69, 9.17) is 4.74 Å². The van der Waals surface area contributed by atoms with Gasteiger partial charge >= 0.3 is 0 Å². The standard InChI is InChI=1S/C22H26N2O4S2/c1-30(26,27)14-13-18(15-11-12-15)23-20(25)19-21(28-17-9-3-2-4-10-17)24-22(29-19)16-7-5-6-8-16/h2-4,9-10,13-16,18H,5-8,11-12H2,1H3,(H,23,25)/b14-13+/t18-/m1/s1. The van der Waals surface area contributed by atoms with Crippen LogP contribution in [0.5, 0.6) is 11.6 Å². The monoisotopic (exact) mass is 446 g/mol. The van der Waals surface area contributed by atoms with Gasteiger partial charge in [0.15, 0.2) is 14.7 Å². The summed E-state index contributed by atoms with van der Waals surface area (Å²) in [6, 6.07) is 9.00. The smallest absolute Gasteiger partial charge is 0.267 e. The minimum atomic E-state index is -3.25. The predicted molar refractivity (Wildman–Crippen MR) is 118 cm³/mol. The van der Waals surface area contributed by atoms with E-state index >= 15 is 0 Å². The predicted octanol–water partition coefficient (Wildman–Crippen LogP) is 4.66. The summed E-state index contributed by atoms with van der Waals surface area (Å²) in [4.78, 5) is 18.3. The van der Waals surface area contributed by atoms with E-state index in [-0.39, 0.29) is 17.9 Å². The Morgan fingerprint density at radius 2 is 1.90 bits per heavy atom. The minimum absolute atomic E-state index is 0.266. The van der Waals surface area contributed by atoms with Crippen LogP contribution in [0.1, 0.15) is 59.1 Å². The first-order valence-electron chi connectivity index (χ1n) is 10.3. The number of nitrogens with one attached hydrogen (secondary N) is 1. The number of carbonyl (C=O) groups is 1. The first-order chi connectivity index (χ1) is 14.4. The van der Waals surface area contributed by atoms with Gasteiger partial charge < -0.3 is 10.1 Å². The largest absolute Gasteiger partial charge is 0.437 e. The van der Waals surface area contributed by atoms with Gasteiger partial charge in [-0.1, -0.05) is 37.1 Å². The third-order valence-electron chi connectivity index (χ3n) is 5.44. The summed E-state index contributed by atoms with van der Waals surface area (Å²) in [7, 11) is -3.25. The third-order valence-corrected chi connectivity index (χ3v) is 7.29. The maximum atomic E-state index is 13.1. The van der Waals surface area contributed by atoms with Crippen LogP contribution in [-0.2, 0) is 9.84 Å². The fraction of sp³-hybridized carbons (Fsp3) is 0.455. The zero-order valence-corrected chi connectivity index (χ0v) is 18.5. The molecule has 1 amide bonds. The van der Waals surface area contributed by atoms with Crippen LogP contribution in [0.2, 0.25) is 0 Å². The molecular weight excluding hydrogens is 420 g/mol. The highest BCUT2D eigenvalue weighted by Crippen LogP contribution is 2.40. The van der Waals surface area contributed by atoms with Crippen molar-refractivity contribution in [2.24, 2.45) is 5.92 Å². The number of nitrogens with zero attached hydrogens (tertiary/aromatic N) is 1. The second-order valence-electron chi connectivity index (χ2n) is 8.08. The normalized spacial score (nSPS) is 18.6. The minimum Gasteiger partial charge on any atom is -0.437 e. The topological polar surface area (TPSA) is 85.4 Å². The van der Waals surface area contributed by atoms with E-state index in [0.717, 1.165) is 36.9 Å². The molecule has 0 unspecified atom stereocenters. The molecule has 1 aromatic heterocycles. The number of hydrogen-bond acceptors (Lipinski definition) is 6. The average Bonchev–Trinajstić information content (AvgIpc) is 3.23. The summed E-state index contributed by atoms with van der Waals surface area (Å²) in [5.74, 6) is 1.34. The molecule has 0 aliphatic heterocycles. The molecule has 30 heavy (non-hydrogen) atoms. The maximum absolute atomic E-state index is 13.1. The SMILES string of the molecule is CS(=O)(=O)/C=C/[C@@H](NC(=O)c1sc(C2CCCC2)nc1Oc1ccccc1)C1CC1. The van der Waals surface area contributed by atoms with Crippen molar-refractivity contribution in [3.05, 3.63) is 51.7 Å². The van der Waals surface area contributed by atoms with Gasteiger partial charge in [0.2, 0.25) is 5.88 Å². The van der Waals surface area contributed by atoms with Gasteiger partial charge in [-0.3, -0.25) is 4.79 Å². The first-order valence-corrected chi connectivity index (χ1v) is 13.1. The van der Waals surface area contributed by atoms with Crippen molar-refractivity contribution < 1.29 is 17.9 Å². The lowest BCUT2D eigenvalue weighted by Crippen LogP contribution is -2.34. The highest BCUT2D eigenvalue weighted by atomic mass is 32.2. The van der Waals surface area contributed by atoms with E-state index in [0.29, 0.717) is 22.4 Å². The Balaban J connectivity index is 1.58. The third kappa shape index (κ3) is 5.49. The van der Waals surface area contributed by atoms with Crippen molar-refractivity contribution in [1.29, 1.82) is 0 Å². The summed E-state index contributed by atoms with van der Waals surface area (Å²) >= 11 is 1.39. The Morgan fingerprint density at radius 1 is 1.20 bits per heavy atom. The molecule has 0 radical (unpaired) electrons. The zero-order chi connectivity index (χ0) is 21.1. The number of ether oxygens (including phenoxy) is 1. The second kappa shape index (κ2) is 8.89. The van der Waals surface area contributed by atoms with Gasteiger partial charge in [-0.2, -0.15) is 0 Å². The van der Waals surface area contributed by atoms with Crippen LogP contribution < -0.4 is 10.1 Å². The van der Waals surface area contributed by atoms with Gasteiger partial charge in [0.05, 0.1) is 6.04 Å². The Morgan fingerprint density at radius 3 is 2.53 bits per heavy atom. The molecule has 1 aromatic carbocycles. The van der Waals surface area contributed by atoms with Gasteiger partial charge in [0.1, 0.15) is 10.8 Å². The Bertz CT molecular complexity index is 1020. The number of rotatable bonds is 8. The van der Waals surface area contributed by atoms with Crippen LogP contribution in [-0.4, -0.2) is 31.6 Å². The van der Waals surface area contributed by atoms with Crippen molar-refractivity contribution >= 4 is 27.1 Å². The Labute approximate surface area is 181 Å². The van der Waals surface area contributed by atoms with Crippen molar-refractivity contribution in [3.63, 3.8) is 0 Å². The molecule has 160 valence electrons. The van der Waals surface area contributed by atoms with Crippen LogP contribution in [0, 0.1) is 5.92 Å². The van der Waals surface area contributed by atoms with Crippen molar-refractivity contribution in [2.75, 3.05) is 6.26 Å². The summed E-state index contributed by atoms with van der Waals surface area (Å²) in [6.45, 7) is 0. The lowest BCUT2D eigenvalue weighted by atomic mass is 10.1. The lowest BCUT2D eigenvalue weighted by Gasteiger charge is -2.14. The highest BCUT2D eigenvalue weighted by molar-refractivity contribution is 7.93. The van der Waals surface area contributed by atoms with Crippen LogP contribution >= 0.6 is 11.3 Å². The molecule has 4 rings (SSSR count). The molecule has 8 heteroatoms. The molecule has 0 bridgehead atoms. The van der Waals surface area contributed by atoms with Crippen molar-refractivity contribution in [2.45, 2.75) is 50.5 Å². The number of thiazole rings is 1. The zero-order valence-electron chi connectivity index (χ0n) is 16.9. The van der Waals surface area contributed by atoms with Crippen molar-refractivity contribution in [3.8, 4) is 11.6 Å². The van der Waals surface area contributed by atoms with E-state index < -0.39 is 9.84 Å². The van der Waals surface area contributed by atoms with Gasteiger partial charge in [0, 0.05) is 17.6 Å². The molecule has 2 aromatic rings. The van der Waals surface area contributed by atoms with Gasteiger partial charge in [-0.25, -0.2) is 13.4 Å². The number of carbonyl (C=O) groups excluding carboxylic acids is 1. The second-order valence-corrected chi connectivity index (χ2v) is 11.0. The quantitative estimate of drug-likeness (QED) is 0.637.